The lowest BCUT2D eigenvalue weighted by molar-refractivity contribution is 0.279. The molecule has 0 spiro atoms. The molecule has 80 valence electrons. The highest BCUT2D eigenvalue weighted by Gasteiger charge is 2.28. The van der Waals surface area contributed by atoms with Gasteiger partial charge in [-0.2, -0.15) is 0 Å². The summed E-state index contributed by atoms with van der Waals surface area (Å²) in [5.74, 6) is 0. The number of likely N-dealkylation sites (tertiary alicyclic amines) is 1. The summed E-state index contributed by atoms with van der Waals surface area (Å²) in [6, 6.07) is 1.51. The minimum absolute atomic E-state index is 0.727. The quantitative estimate of drug-likeness (QED) is 0.756. The van der Waals surface area contributed by atoms with Crippen LogP contribution in [0.3, 0.4) is 0 Å². The lowest BCUT2D eigenvalue weighted by Gasteiger charge is -2.23. The highest BCUT2D eigenvalue weighted by Crippen LogP contribution is 2.20. The lowest BCUT2D eigenvalue weighted by Crippen LogP contribution is -2.36. The third-order valence-electron chi connectivity index (χ3n) is 3.27. The first kappa shape index (κ1) is 10.5. The molecule has 2 unspecified atom stereocenters. The van der Waals surface area contributed by atoms with E-state index in [0.29, 0.717) is 0 Å². The average molecular weight is 215 g/mol. The van der Waals surface area contributed by atoms with Crippen LogP contribution in [0.25, 0.3) is 0 Å². The second-order valence-corrected chi connectivity index (χ2v) is 4.84. The second-order valence-electron chi connectivity index (χ2n) is 4.62. The van der Waals surface area contributed by atoms with E-state index in [1.807, 2.05) is 0 Å². The van der Waals surface area contributed by atoms with Crippen molar-refractivity contribution < 1.29 is 0 Å². The van der Waals surface area contributed by atoms with Gasteiger partial charge in [-0.3, -0.25) is 4.90 Å². The monoisotopic (exact) mass is 214 g/mol. The minimum atomic E-state index is 0.727. The van der Waals surface area contributed by atoms with Gasteiger partial charge in [-0.05, 0) is 31.8 Å². The van der Waals surface area contributed by atoms with Crippen LogP contribution in [0.5, 0.6) is 0 Å². The molecule has 0 aromatic rings. The minimum Gasteiger partial charge on any atom is -0.310 e. The number of hydrogen-bond acceptors (Lipinski definition) is 2. The number of nitrogens with one attached hydrogen (secondary N) is 1. The molecule has 0 amide bonds. The highest BCUT2D eigenvalue weighted by molar-refractivity contribution is 6.25. The van der Waals surface area contributed by atoms with Crippen molar-refractivity contribution in [1.29, 1.82) is 0 Å². The van der Waals surface area contributed by atoms with Crippen molar-refractivity contribution in [2.24, 2.45) is 0 Å². The van der Waals surface area contributed by atoms with Crippen molar-refractivity contribution in [3.8, 4) is 0 Å². The standard InChI is InChI=1S/C11H19ClN2/c1-9(6-12)7-14-5-4-10-2-3-11(8-14)13-10/h6,10-11,13H,2-5,7-8H2,1H3. The van der Waals surface area contributed by atoms with Gasteiger partial charge in [0.25, 0.3) is 0 Å². The molecule has 0 aromatic heterocycles. The van der Waals surface area contributed by atoms with Gasteiger partial charge in [-0.15, -0.1) is 0 Å². The Kier molecular flexibility index (Phi) is 3.47. The summed E-state index contributed by atoms with van der Waals surface area (Å²) in [5.41, 5.74) is 2.97. The molecule has 2 nitrogen and oxygen atoms in total. The lowest BCUT2D eigenvalue weighted by atomic mass is 10.1. The number of hydrogen-bond donors (Lipinski definition) is 1. The number of fused-ring (bicyclic) bond motifs is 2. The third-order valence-corrected chi connectivity index (χ3v) is 3.64. The Morgan fingerprint density at radius 2 is 2.21 bits per heavy atom. The van der Waals surface area contributed by atoms with Gasteiger partial charge in [0, 0.05) is 37.3 Å². The molecule has 0 aromatic carbocycles. The van der Waals surface area contributed by atoms with Gasteiger partial charge in [0.1, 0.15) is 0 Å². The summed E-state index contributed by atoms with van der Waals surface area (Å²) >= 11 is 5.69. The van der Waals surface area contributed by atoms with E-state index in [0.717, 1.165) is 18.6 Å². The molecule has 0 aliphatic carbocycles. The van der Waals surface area contributed by atoms with E-state index >= 15 is 0 Å². The molecule has 2 bridgehead atoms. The van der Waals surface area contributed by atoms with Gasteiger partial charge in [0.05, 0.1) is 0 Å². The van der Waals surface area contributed by atoms with Crippen LogP contribution in [-0.4, -0.2) is 36.6 Å². The Balaban J connectivity index is 1.88. The first-order chi connectivity index (χ1) is 6.78. The Labute approximate surface area is 91.3 Å². The first-order valence-corrected chi connectivity index (χ1v) is 5.96. The first-order valence-electron chi connectivity index (χ1n) is 5.52. The Morgan fingerprint density at radius 3 is 3.00 bits per heavy atom. The molecular weight excluding hydrogens is 196 g/mol. The molecule has 2 heterocycles. The number of rotatable bonds is 2. The van der Waals surface area contributed by atoms with Crippen LogP contribution < -0.4 is 5.32 Å². The van der Waals surface area contributed by atoms with E-state index in [9.17, 15) is 0 Å². The van der Waals surface area contributed by atoms with Crippen molar-refractivity contribution >= 4 is 11.6 Å². The Hall–Kier alpha value is -0.0500. The van der Waals surface area contributed by atoms with Gasteiger partial charge in [0.2, 0.25) is 0 Å². The van der Waals surface area contributed by atoms with Gasteiger partial charge in [0.15, 0.2) is 0 Å². The molecule has 3 heteroatoms. The van der Waals surface area contributed by atoms with E-state index in [4.69, 9.17) is 11.6 Å². The molecule has 14 heavy (non-hydrogen) atoms. The summed E-state index contributed by atoms with van der Waals surface area (Å²) in [6.07, 6.45) is 4.03. The fourth-order valence-corrected chi connectivity index (χ4v) is 2.62. The van der Waals surface area contributed by atoms with Crippen molar-refractivity contribution in [1.82, 2.24) is 10.2 Å². The molecule has 2 aliphatic heterocycles. The average Bonchev–Trinajstić information content (AvgIpc) is 2.50. The third kappa shape index (κ3) is 2.50. The summed E-state index contributed by atoms with van der Waals surface area (Å²) < 4.78 is 0. The zero-order valence-electron chi connectivity index (χ0n) is 8.80. The number of halogens is 1. The van der Waals surface area contributed by atoms with Crippen LogP contribution in [-0.2, 0) is 0 Å². The summed E-state index contributed by atoms with van der Waals surface area (Å²) in [7, 11) is 0. The van der Waals surface area contributed by atoms with Crippen LogP contribution in [0.4, 0.5) is 0 Å². The van der Waals surface area contributed by atoms with Crippen LogP contribution in [0.1, 0.15) is 26.2 Å². The van der Waals surface area contributed by atoms with Gasteiger partial charge in [-0.25, -0.2) is 0 Å². The topological polar surface area (TPSA) is 15.3 Å². The summed E-state index contributed by atoms with van der Waals surface area (Å²) in [6.45, 7) is 5.55. The normalized spacial score (nSPS) is 34.6. The largest absolute Gasteiger partial charge is 0.310 e. The maximum atomic E-state index is 5.69. The molecule has 2 atom stereocenters. The maximum absolute atomic E-state index is 5.69. The van der Waals surface area contributed by atoms with Gasteiger partial charge < -0.3 is 5.32 Å². The Bertz CT molecular complexity index is 227. The van der Waals surface area contributed by atoms with Crippen molar-refractivity contribution in [2.75, 3.05) is 19.6 Å². The smallest absolute Gasteiger partial charge is 0.0202 e. The van der Waals surface area contributed by atoms with Crippen molar-refractivity contribution in [2.45, 2.75) is 38.3 Å². The molecule has 2 saturated heterocycles. The predicted octanol–water partition coefficient (Wildman–Crippen LogP) is 1.96. The van der Waals surface area contributed by atoms with Crippen LogP contribution in [0, 0.1) is 0 Å². The zero-order valence-corrected chi connectivity index (χ0v) is 9.56. The van der Waals surface area contributed by atoms with Gasteiger partial charge in [-0.1, -0.05) is 11.6 Å². The molecule has 0 radical (unpaired) electrons. The highest BCUT2D eigenvalue weighted by atomic mass is 35.5. The fraction of sp³-hybridized carbons (Fsp3) is 0.818. The van der Waals surface area contributed by atoms with Crippen molar-refractivity contribution in [3.63, 3.8) is 0 Å². The summed E-state index contributed by atoms with van der Waals surface area (Å²) in [4.78, 5) is 2.52. The fourth-order valence-electron chi connectivity index (χ4n) is 2.55. The molecule has 2 rings (SSSR count). The molecule has 2 aliphatic rings. The van der Waals surface area contributed by atoms with E-state index in [1.165, 1.54) is 37.9 Å². The number of nitrogens with zero attached hydrogens (tertiary/aromatic N) is 1. The second kappa shape index (κ2) is 4.65. The molecular formula is C11H19ClN2. The van der Waals surface area contributed by atoms with E-state index < -0.39 is 0 Å². The van der Waals surface area contributed by atoms with Crippen LogP contribution in [0.15, 0.2) is 11.1 Å². The molecule has 1 N–H and O–H groups in total. The van der Waals surface area contributed by atoms with Crippen LogP contribution >= 0.6 is 11.6 Å². The molecule has 2 fully saturated rings. The zero-order chi connectivity index (χ0) is 9.97. The Morgan fingerprint density at radius 1 is 1.43 bits per heavy atom. The summed E-state index contributed by atoms with van der Waals surface area (Å²) in [5, 5.41) is 3.68. The van der Waals surface area contributed by atoms with Crippen LogP contribution in [0.2, 0.25) is 0 Å². The predicted molar refractivity (Wildman–Crippen MR) is 60.6 cm³/mol. The van der Waals surface area contributed by atoms with E-state index in [-0.39, 0.29) is 0 Å². The van der Waals surface area contributed by atoms with E-state index in [2.05, 4.69) is 17.1 Å². The van der Waals surface area contributed by atoms with E-state index in [1.54, 1.807) is 5.54 Å². The maximum Gasteiger partial charge on any atom is 0.0202 e. The SMILES string of the molecule is CC(=CCl)CN1CCC2CCC(C1)N2. The van der Waals surface area contributed by atoms with Crippen molar-refractivity contribution in [3.05, 3.63) is 11.1 Å². The van der Waals surface area contributed by atoms with Gasteiger partial charge >= 0.3 is 0 Å². The molecule has 0 saturated carbocycles.